The third-order valence-corrected chi connectivity index (χ3v) is 3.35. The molecular formula is C15H15FN2O3. The molecule has 0 amide bonds. The van der Waals surface area contributed by atoms with Crippen LogP contribution >= 0.6 is 0 Å². The van der Waals surface area contributed by atoms with Crippen molar-refractivity contribution in [2.24, 2.45) is 0 Å². The number of hydrogen-bond donors (Lipinski definition) is 1. The molecule has 5 nitrogen and oxygen atoms in total. The number of rotatable bonds is 4. The monoisotopic (exact) mass is 290 g/mol. The Morgan fingerprint density at radius 2 is 2.00 bits per heavy atom. The number of benzene rings is 1. The van der Waals surface area contributed by atoms with Crippen molar-refractivity contribution in [2.45, 2.75) is 27.2 Å². The summed E-state index contributed by atoms with van der Waals surface area (Å²) in [6.07, 6.45) is -0.162. The average molecular weight is 290 g/mol. The molecule has 2 rings (SSSR count). The minimum absolute atomic E-state index is 0.162. The zero-order chi connectivity index (χ0) is 15.7. The van der Waals surface area contributed by atoms with Crippen molar-refractivity contribution in [2.75, 3.05) is 0 Å². The molecule has 0 saturated heterocycles. The molecule has 0 bridgehead atoms. The van der Waals surface area contributed by atoms with Gasteiger partial charge in [-0.3, -0.25) is 9.59 Å². The molecule has 0 fully saturated rings. The molecule has 0 radical (unpaired) electrons. The Morgan fingerprint density at radius 3 is 2.52 bits per heavy atom. The van der Waals surface area contributed by atoms with Crippen LogP contribution in [-0.4, -0.2) is 26.6 Å². The van der Waals surface area contributed by atoms with Crippen LogP contribution in [0.3, 0.4) is 0 Å². The van der Waals surface area contributed by atoms with Crippen LogP contribution in [0.15, 0.2) is 18.2 Å². The second-order valence-electron chi connectivity index (χ2n) is 4.85. The quantitative estimate of drug-likeness (QED) is 0.878. The van der Waals surface area contributed by atoms with E-state index in [1.165, 1.54) is 23.7 Å². The number of Topliss-reactive ketones (excluding diaryl/α,β-unsaturated/α-hetero) is 1. The summed E-state index contributed by atoms with van der Waals surface area (Å²) in [7, 11) is 0. The number of ketones is 1. The van der Waals surface area contributed by atoms with E-state index in [1.54, 1.807) is 13.8 Å². The van der Waals surface area contributed by atoms with Crippen molar-refractivity contribution in [1.82, 2.24) is 9.78 Å². The molecular weight excluding hydrogens is 275 g/mol. The van der Waals surface area contributed by atoms with Crippen LogP contribution in [0, 0.1) is 19.7 Å². The Morgan fingerprint density at radius 1 is 1.33 bits per heavy atom. The maximum Gasteiger partial charge on any atom is 0.307 e. The molecule has 6 heteroatoms. The first-order chi connectivity index (χ1) is 9.81. The van der Waals surface area contributed by atoms with Gasteiger partial charge in [0.25, 0.3) is 0 Å². The summed E-state index contributed by atoms with van der Waals surface area (Å²) in [5.41, 5.74) is 2.16. The predicted molar refractivity (Wildman–Crippen MR) is 74.3 cm³/mol. The maximum atomic E-state index is 14.2. The molecule has 1 heterocycles. The minimum Gasteiger partial charge on any atom is -0.481 e. The van der Waals surface area contributed by atoms with Gasteiger partial charge in [-0.15, -0.1) is 0 Å². The fraction of sp³-hybridized carbons (Fsp3) is 0.267. The Labute approximate surface area is 121 Å². The van der Waals surface area contributed by atoms with Crippen LogP contribution in [0.25, 0.3) is 5.69 Å². The van der Waals surface area contributed by atoms with Gasteiger partial charge in [0.05, 0.1) is 12.1 Å². The standard InChI is InChI=1S/C15H15FN2O3/c1-8-12(7-15(20)21)9(2)18(17-8)14-5-4-11(10(3)19)6-13(14)16/h4-6H,7H2,1-3H3,(H,20,21). The zero-order valence-corrected chi connectivity index (χ0v) is 12.0. The first-order valence-corrected chi connectivity index (χ1v) is 6.39. The Hall–Kier alpha value is -2.50. The molecule has 0 aliphatic heterocycles. The van der Waals surface area contributed by atoms with Gasteiger partial charge in [-0.2, -0.15) is 5.10 Å². The van der Waals surface area contributed by atoms with Gasteiger partial charge in [-0.1, -0.05) is 0 Å². The van der Waals surface area contributed by atoms with E-state index in [2.05, 4.69) is 5.10 Å². The van der Waals surface area contributed by atoms with Crippen LogP contribution in [0.4, 0.5) is 4.39 Å². The molecule has 0 spiro atoms. The Bertz CT molecular complexity index is 735. The number of aryl methyl sites for hydroxylation is 1. The highest BCUT2D eigenvalue weighted by Gasteiger charge is 2.17. The lowest BCUT2D eigenvalue weighted by Crippen LogP contribution is -2.06. The molecule has 1 aromatic heterocycles. The lowest BCUT2D eigenvalue weighted by Gasteiger charge is -2.07. The maximum absolute atomic E-state index is 14.2. The summed E-state index contributed by atoms with van der Waals surface area (Å²) in [6.45, 7) is 4.74. The van der Waals surface area contributed by atoms with Gasteiger partial charge in [0.15, 0.2) is 5.78 Å². The van der Waals surface area contributed by atoms with Gasteiger partial charge in [-0.05, 0) is 39.0 Å². The lowest BCUT2D eigenvalue weighted by molar-refractivity contribution is -0.136. The third-order valence-electron chi connectivity index (χ3n) is 3.35. The van der Waals surface area contributed by atoms with Crippen molar-refractivity contribution < 1.29 is 19.1 Å². The van der Waals surface area contributed by atoms with Gasteiger partial charge in [-0.25, -0.2) is 9.07 Å². The highest BCUT2D eigenvalue weighted by molar-refractivity contribution is 5.94. The van der Waals surface area contributed by atoms with Gasteiger partial charge < -0.3 is 5.11 Å². The predicted octanol–water partition coefficient (Wildman–Crippen LogP) is 2.46. The van der Waals surface area contributed by atoms with Crippen LogP contribution in [0.5, 0.6) is 0 Å². The first-order valence-electron chi connectivity index (χ1n) is 6.39. The van der Waals surface area contributed by atoms with E-state index in [0.717, 1.165) is 6.07 Å². The molecule has 2 aromatic rings. The van der Waals surface area contributed by atoms with E-state index < -0.39 is 11.8 Å². The van der Waals surface area contributed by atoms with E-state index >= 15 is 0 Å². The van der Waals surface area contributed by atoms with Crippen molar-refractivity contribution in [3.05, 3.63) is 46.5 Å². The number of carbonyl (C=O) groups excluding carboxylic acids is 1. The number of aliphatic carboxylic acids is 1. The third kappa shape index (κ3) is 2.84. The number of carboxylic acid groups (broad SMARTS) is 1. The van der Waals surface area contributed by atoms with Crippen molar-refractivity contribution >= 4 is 11.8 Å². The molecule has 110 valence electrons. The van der Waals surface area contributed by atoms with Crippen molar-refractivity contribution in [1.29, 1.82) is 0 Å². The minimum atomic E-state index is -0.965. The second-order valence-corrected chi connectivity index (χ2v) is 4.85. The molecule has 0 unspecified atom stereocenters. The van der Waals surface area contributed by atoms with Crippen molar-refractivity contribution in [3.8, 4) is 5.69 Å². The number of nitrogens with zero attached hydrogens (tertiary/aromatic N) is 2. The van der Waals surface area contributed by atoms with Gasteiger partial charge >= 0.3 is 5.97 Å². The molecule has 0 atom stereocenters. The van der Waals surface area contributed by atoms with Crippen LogP contribution < -0.4 is 0 Å². The smallest absolute Gasteiger partial charge is 0.307 e. The number of aromatic nitrogens is 2. The summed E-state index contributed by atoms with van der Waals surface area (Å²) >= 11 is 0. The fourth-order valence-corrected chi connectivity index (χ4v) is 2.21. The summed E-state index contributed by atoms with van der Waals surface area (Å²) in [6, 6.07) is 4.15. The highest BCUT2D eigenvalue weighted by Crippen LogP contribution is 2.21. The number of halogens is 1. The van der Waals surface area contributed by atoms with Crippen LogP contribution in [-0.2, 0) is 11.2 Å². The molecule has 0 saturated carbocycles. The van der Waals surface area contributed by atoms with Crippen molar-refractivity contribution in [3.63, 3.8) is 0 Å². The van der Waals surface area contributed by atoms with Gasteiger partial charge in [0.2, 0.25) is 0 Å². The summed E-state index contributed by atoms with van der Waals surface area (Å²) in [4.78, 5) is 22.1. The van der Waals surface area contributed by atoms with Gasteiger partial charge in [0, 0.05) is 16.8 Å². The second kappa shape index (κ2) is 5.47. The van der Waals surface area contributed by atoms with Gasteiger partial charge in [0.1, 0.15) is 11.5 Å². The summed E-state index contributed by atoms with van der Waals surface area (Å²) in [5.74, 6) is -1.76. The summed E-state index contributed by atoms with van der Waals surface area (Å²) < 4.78 is 15.5. The number of carboxylic acids is 1. The van der Waals surface area contributed by atoms with Crippen LogP contribution in [0.2, 0.25) is 0 Å². The van der Waals surface area contributed by atoms with E-state index in [9.17, 15) is 14.0 Å². The Balaban J connectivity index is 2.53. The topological polar surface area (TPSA) is 72.2 Å². The molecule has 1 N–H and O–H groups in total. The average Bonchev–Trinajstić information content (AvgIpc) is 2.66. The van der Waals surface area contributed by atoms with Crippen LogP contribution in [0.1, 0.15) is 34.2 Å². The van der Waals surface area contributed by atoms with E-state index in [1.807, 2.05) is 0 Å². The first kappa shape index (κ1) is 14.9. The number of hydrogen-bond acceptors (Lipinski definition) is 3. The largest absolute Gasteiger partial charge is 0.481 e. The fourth-order valence-electron chi connectivity index (χ4n) is 2.21. The molecule has 0 aliphatic carbocycles. The molecule has 1 aromatic carbocycles. The normalized spacial score (nSPS) is 10.7. The summed E-state index contributed by atoms with van der Waals surface area (Å²) in [5, 5.41) is 13.1. The zero-order valence-electron chi connectivity index (χ0n) is 12.0. The number of carbonyl (C=O) groups is 2. The van der Waals surface area contributed by atoms with E-state index in [4.69, 9.17) is 5.11 Å². The van der Waals surface area contributed by atoms with E-state index in [0.29, 0.717) is 17.0 Å². The highest BCUT2D eigenvalue weighted by atomic mass is 19.1. The Kier molecular flexibility index (Phi) is 3.88. The SMILES string of the molecule is CC(=O)c1ccc(-n2nc(C)c(CC(=O)O)c2C)c(F)c1. The van der Waals surface area contributed by atoms with E-state index in [-0.39, 0.29) is 23.5 Å². The molecule has 0 aliphatic rings. The molecule has 21 heavy (non-hydrogen) atoms. The lowest BCUT2D eigenvalue weighted by atomic mass is 10.1.